The summed E-state index contributed by atoms with van der Waals surface area (Å²) in [5.41, 5.74) is 3.11. The van der Waals surface area contributed by atoms with Gasteiger partial charge in [-0.05, 0) is 55.4 Å². The van der Waals surface area contributed by atoms with Gasteiger partial charge in [-0.2, -0.15) is 0 Å². The minimum absolute atomic E-state index is 0.641. The highest BCUT2D eigenvalue weighted by Crippen LogP contribution is 2.36. The number of allylic oxidation sites excluding steroid dienone is 6. The standard InChI is InChI=1S/C21H26/c1-17-8-5-15-21(17)20-14-7-13-19(16-20)12-6-11-18-9-3-2-4-10-18/h2-5,7-10,14-15,17,19-20H,6,11-13,16H2,1H3/t17?,19-,20?/m1/s1. The van der Waals surface area contributed by atoms with Gasteiger partial charge in [0.25, 0.3) is 0 Å². The summed E-state index contributed by atoms with van der Waals surface area (Å²) in [6.45, 7) is 2.32. The topological polar surface area (TPSA) is 0 Å². The highest BCUT2D eigenvalue weighted by Gasteiger charge is 2.23. The zero-order chi connectivity index (χ0) is 14.5. The van der Waals surface area contributed by atoms with E-state index in [9.17, 15) is 0 Å². The van der Waals surface area contributed by atoms with E-state index < -0.39 is 0 Å². The molecule has 2 unspecified atom stereocenters. The van der Waals surface area contributed by atoms with E-state index in [2.05, 4.69) is 67.6 Å². The highest BCUT2D eigenvalue weighted by molar-refractivity contribution is 5.31. The molecule has 3 atom stereocenters. The summed E-state index contributed by atoms with van der Waals surface area (Å²) in [5.74, 6) is 2.20. The highest BCUT2D eigenvalue weighted by atomic mass is 14.3. The Balaban J connectivity index is 1.48. The Kier molecular flexibility index (Phi) is 4.75. The molecule has 1 aromatic carbocycles. The van der Waals surface area contributed by atoms with Crippen LogP contribution in [0.5, 0.6) is 0 Å². The largest absolute Gasteiger partial charge is 0.0877 e. The predicted octanol–water partition coefficient (Wildman–Crippen LogP) is 5.72. The third-order valence-electron chi connectivity index (χ3n) is 4.99. The molecule has 0 aromatic heterocycles. The smallest absolute Gasteiger partial charge is 0.00116 e. The molecule has 0 spiro atoms. The number of benzene rings is 1. The van der Waals surface area contributed by atoms with Crippen LogP contribution in [0.4, 0.5) is 0 Å². The molecule has 0 N–H and O–H groups in total. The SMILES string of the molecule is CC1C=CC=C1C1C=CC[C@@H](CCCc2ccccc2)C1. The molecule has 0 saturated heterocycles. The first kappa shape index (κ1) is 14.4. The van der Waals surface area contributed by atoms with E-state index in [1.54, 1.807) is 5.57 Å². The molecular weight excluding hydrogens is 252 g/mol. The first-order valence-electron chi connectivity index (χ1n) is 8.42. The van der Waals surface area contributed by atoms with Gasteiger partial charge in [0.15, 0.2) is 0 Å². The van der Waals surface area contributed by atoms with E-state index in [4.69, 9.17) is 0 Å². The molecule has 0 saturated carbocycles. The van der Waals surface area contributed by atoms with E-state index in [0.717, 1.165) is 5.92 Å². The molecule has 0 heteroatoms. The fourth-order valence-corrected chi connectivity index (χ4v) is 3.75. The second-order valence-corrected chi connectivity index (χ2v) is 6.59. The lowest BCUT2D eigenvalue weighted by atomic mass is 9.78. The maximum atomic E-state index is 2.45. The van der Waals surface area contributed by atoms with Gasteiger partial charge in [0.2, 0.25) is 0 Å². The molecule has 1 aromatic rings. The van der Waals surface area contributed by atoms with Crippen molar-refractivity contribution in [1.29, 1.82) is 0 Å². The van der Waals surface area contributed by atoms with E-state index >= 15 is 0 Å². The fourth-order valence-electron chi connectivity index (χ4n) is 3.75. The van der Waals surface area contributed by atoms with Crippen molar-refractivity contribution in [2.24, 2.45) is 17.8 Å². The fraction of sp³-hybridized carbons (Fsp3) is 0.429. The molecule has 3 rings (SSSR count). The predicted molar refractivity (Wildman–Crippen MR) is 91.1 cm³/mol. The van der Waals surface area contributed by atoms with Gasteiger partial charge in [0, 0.05) is 0 Å². The van der Waals surface area contributed by atoms with Gasteiger partial charge < -0.3 is 0 Å². The van der Waals surface area contributed by atoms with Gasteiger partial charge in [0.1, 0.15) is 0 Å². The number of hydrogen-bond acceptors (Lipinski definition) is 0. The molecule has 2 aliphatic carbocycles. The van der Waals surface area contributed by atoms with E-state index in [-0.39, 0.29) is 0 Å². The molecule has 0 bridgehead atoms. The Labute approximate surface area is 129 Å². The average Bonchev–Trinajstić information content (AvgIpc) is 2.95. The molecule has 0 heterocycles. The van der Waals surface area contributed by atoms with Crippen molar-refractivity contribution in [2.75, 3.05) is 0 Å². The van der Waals surface area contributed by atoms with Gasteiger partial charge >= 0.3 is 0 Å². The summed E-state index contributed by atoms with van der Waals surface area (Å²) in [7, 11) is 0. The van der Waals surface area contributed by atoms with Crippen molar-refractivity contribution in [3.63, 3.8) is 0 Å². The van der Waals surface area contributed by atoms with Crippen LogP contribution in [-0.4, -0.2) is 0 Å². The normalized spacial score (nSPS) is 27.9. The van der Waals surface area contributed by atoms with E-state index in [0.29, 0.717) is 11.8 Å². The van der Waals surface area contributed by atoms with Crippen LogP contribution in [0.3, 0.4) is 0 Å². The molecule has 0 amide bonds. The molecule has 0 nitrogen and oxygen atoms in total. The van der Waals surface area contributed by atoms with E-state index in [1.807, 2.05) is 0 Å². The second kappa shape index (κ2) is 6.93. The van der Waals surface area contributed by atoms with Crippen LogP contribution in [0.1, 0.15) is 38.2 Å². The van der Waals surface area contributed by atoms with Crippen molar-refractivity contribution < 1.29 is 0 Å². The van der Waals surface area contributed by atoms with Gasteiger partial charge in [0.05, 0.1) is 0 Å². The van der Waals surface area contributed by atoms with Crippen molar-refractivity contribution in [2.45, 2.75) is 39.0 Å². The maximum absolute atomic E-state index is 2.45. The van der Waals surface area contributed by atoms with Gasteiger partial charge in [-0.25, -0.2) is 0 Å². The summed E-state index contributed by atoms with van der Waals surface area (Å²) in [6.07, 6.45) is 18.3. The van der Waals surface area contributed by atoms with Crippen molar-refractivity contribution in [3.8, 4) is 0 Å². The number of aryl methyl sites for hydroxylation is 1. The first-order valence-corrected chi connectivity index (χ1v) is 8.42. The molecule has 0 radical (unpaired) electrons. The minimum Gasteiger partial charge on any atom is -0.0877 e. The van der Waals surface area contributed by atoms with Crippen molar-refractivity contribution in [3.05, 3.63) is 71.8 Å². The maximum Gasteiger partial charge on any atom is -0.00116 e. The summed E-state index contributed by atoms with van der Waals surface area (Å²) in [5, 5.41) is 0. The van der Waals surface area contributed by atoms with Crippen LogP contribution < -0.4 is 0 Å². The molecule has 0 fully saturated rings. The molecule has 0 aliphatic heterocycles. The summed E-state index contributed by atoms with van der Waals surface area (Å²) < 4.78 is 0. The van der Waals surface area contributed by atoms with E-state index in [1.165, 1.54) is 37.7 Å². The third kappa shape index (κ3) is 3.75. The monoisotopic (exact) mass is 278 g/mol. The molecule has 21 heavy (non-hydrogen) atoms. The van der Waals surface area contributed by atoms with Crippen LogP contribution in [-0.2, 0) is 6.42 Å². The lowest BCUT2D eigenvalue weighted by Gasteiger charge is -2.27. The molecular formula is C21H26. The minimum atomic E-state index is 0.641. The quantitative estimate of drug-likeness (QED) is 0.604. The summed E-state index contributed by atoms with van der Waals surface area (Å²) >= 11 is 0. The Morgan fingerprint density at radius 1 is 1.10 bits per heavy atom. The average molecular weight is 278 g/mol. The number of rotatable bonds is 5. The van der Waals surface area contributed by atoms with Crippen molar-refractivity contribution >= 4 is 0 Å². The zero-order valence-electron chi connectivity index (χ0n) is 13.0. The number of hydrogen-bond donors (Lipinski definition) is 0. The van der Waals surface area contributed by atoms with Crippen LogP contribution in [0, 0.1) is 17.8 Å². The van der Waals surface area contributed by atoms with Crippen LogP contribution in [0.15, 0.2) is 66.3 Å². The molecule has 2 aliphatic rings. The summed E-state index contributed by atoms with van der Waals surface area (Å²) in [4.78, 5) is 0. The first-order chi connectivity index (χ1) is 10.3. The zero-order valence-corrected chi connectivity index (χ0v) is 13.0. The van der Waals surface area contributed by atoms with Crippen molar-refractivity contribution in [1.82, 2.24) is 0 Å². The second-order valence-electron chi connectivity index (χ2n) is 6.59. The lowest BCUT2D eigenvalue weighted by molar-refractivity contribution is 0.384. The Morgan fingerprint density at radius 3 is 2.71 bits per heavy atom. The third-order valence-corrected chi connectivity index (χ3v) is 4.99. The lowest BCUT2D eigenvalue weighted by Crippen LogP contribution is -2.15. The Morgan fingerprint density at radius 2 is 1.95 bits per heavy atom. The molecule has 110 valence electrons. The Hall–Kier alpha value is -1.56. The summed E-state index contributed by atoms with van der Waals surface area (Å²) in [6, 6.07) is 10.9. The van der Waals surface area contributed by atoms with Gasteiger partial charge in [-0.3, -0.25) is 0 Å². The van der Waals surface area contributed by atoms with Crippen LogP contribution in [0.25, 0.3) is 0 Å². The van der Waals surface area contributed by atoms with Crippen LogP contribution in [0.2, 0.25) is 0 Å². The van der Waals surface area contributed by atoms with Crippen LogP contribution >= 0.6 is 0 Å². The van der Waals surface area contributed by atoms with Gasteiger partial charge in [-0.15, -0.1) is 0 Å². The van der Waals surface area contributed by atoms with Gasteiger partial charge in [-0.1, -0.05) is 73.2 Å². The Bertz CT molecular complexity index is 532.